The number of pyridine rings is 1. The van der Waals surface area contributed by atoms with Crippen LogP contribution in [0, 0.1) is 0 Å². The number of aliphatic hydroxyl groups excluding tert-OH is 1. The lowest BCUT2D eigenvalue weighted by molar-refractivity contribution is 0.220. The predicted octanol–water partition coefficient (Wildman–Crippen LogP) is 3.78. The highest BCUT2D eigenvalue weighted by atomic mass is 16.3. The summed E-state index contributed by atoms with van der Waals surface area (Å²) in [5.74, 6) is 0.799. The molecular weight excluding hydrogens is 272 g/mol. The van der Waals surface area contributed by atoms with E-state index in [9.17, 15) is 5.11 Å². The topological polar surface area (TPSA) is 45.1 Å². The summed E-state index contributed by atoms with van der Waals surface area (Å²) < 4.78 is 0. The molecule has 0 saturated carbocycles. The largest absolute Gasteiger partial charge is 0.384 e. The van der Waals surface area contributed by atoms with Crippen molar-refractivity contribution in [2.45, 2.75) is 12.6 Å². The maximum atomic E-state index is 10.3. The minimum atomic E-state index is -0.642. The molecule has 2 aromatic carbocycles. The molecule has 0 unspecified atom stereocenters. The maximum Gasteiger partial charge on any atom is 0.126 e. The lowest BCUT2D eigenvalue weighted by Crippen LogP contribution is -2.03. The number of anilines is 1. The molecule has 3 rings (SSSR count). The Labute approximate surface area is 130 Å². The molecule has 3 nitrogen and oxygen atoms in total. The van der Waals surface area contributed by atoms with Crippen LogP contribution in [0.25, 0.3) is 0 Å². The Kier molecular flexibility index (Phi) is 4.47. The molecule has 0 aliphatic rings. The number of rotatable bonds is 5. The number of nitrogens with one attached hydrogen (secondary N) is 1. The maximum absolute atomic E-state index is 10.3. The predicted molar refractivity (Wildman–Crippen MR) is 88.5 cm³/mol. The second-order valence-electron chi connectivity index (χ2n) is 5.13. The molecule has 0 radical (unpaired) electrons. The van der Waals surface area contributed by atoms with E-state index in [0.29, 0.717) is 0 Å². The fraction of sp³-hybridized carbons (Fsp3) is 0.105. The van der Waals surface area contributed by atoms with Crippen LogP contribution in [0.3, 0.4) is 0 Å². The molecule has 0 amide bonds. The van der Waals surface area contributed by atoms with E-state index in [4.69, 9.17) is 0 Å². The summed E-state index contributed by atoms with van der Waals surface area (Å²) in [5, 5.41) is 13.6. The highest BCUT2D eigenvalue weighted by molar-refractivity contribution is 5.39. The Morgan fingerprint density at radius 3 is 2.14 bits per heavy atom. The van der Waals surface area contributed by atoms with Crippen molar-refractivity contribution >= 4 is 5.82 Å². The third-order valence-corrected chi connectivity index (χ3v) is 3.53. The molecule has 3 aromatic rings. The van der Waals surface area contributed by atoms with Gasteiger partial charge in [0.1, 0.15) is 11.9 Å². The fourth-order valence-electron chi connectivity index (χ4n) is 2.29. The number of hydrogen-bond acceptors (Lipinski definition) is 3. The van der Waals surface area contributed by atoms with Crippen LogP contribution in [0.2, 0.25) is 0 Å². The van der Waals surface area contributed by atoms with Crippen LogP contribution in [-0.4, -0.2) is 10.1 Å². The lowest BCUT2D eigenvalue weighted by atomic mass is 10.0. The average molecular weight is 290 g/mol. The minimum Gasteiger partial charge on any atom is -0.384 e. The van der Waals surface area contributed by atoms with Crippen molar-refractivity contribution in [3.8, 4) is 0 Å². The molecule has 2 N–H and O–H groups in total. The van der Waals surface area contributed by atoms with Crippen LogP contribution in [0.15, 0.2) is 79.0 Å². The zero-order chi connectivity index (χ0) is 15.2. The van der Waals surface area contributed by atoms with E-state index in [1.165, 1.54) is 5.56 Å². The van der Waals surface area contributed by atoms with Gasteiger partial charge in [-0.1, -0.05) is 66.7 Å². The summed E-state index contributed by atoms with van der Waals surface area (Å²) in [5.41, 5.74) is 2.86. The number of aliphatic hydroxyl groups is 1. The first-order valence-electron chi connectivity index (χ1n) is 7.30. The molecule has 0 fully saturated rings. The van der Waals surface area contributed by atoms with Crippen molar-refractivity contribution in [2.75, 3.05) is 5.32 Å². The van der Waals surface area contributed by atoms with Gasteiger partial charge in [0.15, 0.2) is 0 Å². The third-order valence-electron chi connectivity index (χ3n) is 3.53. The van der Waals surface area contributed by atoms with Gasteiger partial charge in [-0.3, -0.25) is 0 Å². The smallest absolute Gasteiger partial charge is 0.126 e. The Morgan fingerprint density at radius 2 is 1.50 bits per heavy atom. The Bertz CT molecular complexity index is 697. The molecule has 0 bridgehead atoms. The van der Waals surface area contributed by atoms with Gasteiger partial charge in [-0.05, 0) is 17.2 Å². The molecule has 0 aliphatic carbocycles. The molecule has 3 heteroatoms. The van der Waals surface area contributed by atoms with E-state index in [0.717, 1.165) is 23.5 Å². The van der Waals surface area contributed by atoms with Gasteiger partial charge < -0.3 is 10.4 Å². The first-order valence-corrected chi connectivity index (χ1v) is 7.30. The van der Waals surface area contributed by atoms with Crippen LogP contribution in [-0.2, 0) is 6.54 Å². The molecular formula is C19H18N2O. The molecule has 0 aliphatic heterocycles. The second-order valence-corrected chi connectivity index (χ2v) is 5.13. The molecule has 1 atom stereocenters. The van der Waals surface area contributed by atoms with Gasteiger partial charge in [0, 0.05) is 18.3 Å². The summed E-state index contributed by atoms with van der Waals surface area (Å²) in [6, 6.07) is 23.6. The van der Waals surface area contributed by atoms with Crippen molar-refractivity contribution < 1.29 is 5.11 Å². The molecule has 22 heavy (non-hydrogen) atoms. The Balaban J connectivity index is 1.65. The van der Waals surface area contributed by atoms with Crippen molar-refractivity contribution in [2.24, 2.45) is 0 Å². The van der Waals surface area contributed by atoms with Crippen LogP contribution in [0.5, 0.6) is 0 Å². The number of aromatic nitrogens is 1. The van der Waals surface area contributed by atoms with E-state index in [1.807, 2.05) is 60.7 Å². The Morgan fingerprint density at radius 1 is 0.818 bits per heavy atom. The summed E-state index contributed by atoms with van der Waals surface area (Å²) >= 11 is 0. The van der Waals surface area contributed by atoms with E-state index in [2.05, 4.69) is 22.4 Å². The number of benzene rings is 2. The van der Waals surface area contributed by atoms with Crippen LogP contribution >= 0.6 is 0 Å². The zero-order valence-electron chi connectivity index (χ0n) is 12.2. The van der Waals surface area contributed by atoms with Crippen LogP contribution < -0.4 is 5.32 Å². The van der Waals surface area contributed by atoms with Gasteiger partial charge in [-0.15, -0.1) is 0 Å². The highest BCUT2D eigenvalue weighted by Gasteiger charge is 2.10. The van der Waals surface area contributed by atoms with Crippen molar-refractivity contribution in [1.82, 2.24) is 4.98 Å². The fourth-order valence-corrected chi connectivity index (χ4v) is 2.29. The number of nitrogens with zero attached hydrogens (tertiary/aromatic N) is 1. The Hall–Kier alpha value is -2.65. The molecule has 0 saturated heterocycles. The molecule has 110 valence electrons. The molecule has 1 heterocycles. The van der Waals surface area contributed by atoms with E-state index in [1.54, 1.807) is 6.20 Å². The monoisotopic (exact) mass is 290 g/mol. The lowest BCUT2D eigenvalue weighted by Gasteiger charge is -2.12. The zero-order valence-corrected chi connectivity index (χ0v) is 12.2. The van der Waals surface area contributed by atoms with Crippen molar-refractivity contribution in [3.05, 3.63) is 95.7 Å². The molecule has 0 spiro atoms. The van der Waals surface area contributed by atoms with Gasteiger partial charge in [-0.2, -0.15) is 0 Å². The number of hydrogen-bond donors (Lipinski definition) is 2. The SMILES string of the molecule is O[C@H](c1ccccc1)c1ccc(NCc2ccccc2)nc1. The van der Waals surface area contributed by atoms with E-state index in [-0.39, 0.29) is 0 Å². The van der Waals surface area contributed by atoms with Crippen molar-refractivity contribution in [1.29, 1.82) is 0 Å². The standard InChI is InChI=1S/C19H18N2O/c22-19(16-9-5-2-6-10-16)17-11-12-18(21-14-17)20-13-15-7-3-1-4-8-15/h1-12,14,19,22H,13H2,(H,20,21)/t19-/m1/s1. The summed E-state index contributed by atoms with van der Waals surface area (Å²) in [6.07, 6.45) is 1.07. The van der Waals surface area contributed by atoms with Gasteiger partial charge >= 0.3 is 0 Å². The first kappa shape index (κ1) is 14.3. The highest BCUT2D eigenvalue weighted by Crippen LogP contribution is 2.21. The molecule has 1 aromatic heterocycles. The van der Waals surface area contributed by atoms with Gasteiger partial charge in [0.25, 0.3) is 0 Å². The summed E-state index contributed by atoms with van der Waals surface area (Å²) in [4.78, 5) is 4.37. The normalized spacial score (nSPS) is 11.9. The van der Waals surface area contributed by atoms with Crippen LogP contribution in [0.1, 0.15) is 22.8 Å². The third kappa shape index (κ3) is 3.51. The first-order chi connectivity index (χ1) is 10.8. The summed E-state index contributed by atoms with van der Waals surface area (Å²) in [6.45, 7) is 0.731. The van der Waals surface area contributed by atoms with E-state index < -0.39 is 6.10 Å². The van der Waals surface area contributed by atoms with Gasteiger partial charge in [0.05, 0.1) is 0 Å². The van der Waals surface area contributed by atoms with Crippen molar-refractivity contribution in [3.63, 3.8) is 0 Å². The van der Waals surface area contributed by atoms with Gasteiger partial charge in [0.2, 0.25) is 0 Å². The summed E-state index contributed by atoms with van der Waals surface area (Å²) in [7, 11) is 0. The van der Waals surface area contributed by atoms with E-state index >= 15 is 0 Å². The van der Waals surface area contributed by atoms with Gasteiger partial charge in [-0.25, -0.2) is 4.98 Å². The average Bonchev–Trinajstić information content (AvgIpc) is 2.61. The van der Waals surface area contributed by atoms with Crippen LogP contribution in [0.4, 0.5) is 5.82 Å². The second kappa shape index (κ2) is 6.87. The quantitative estimate of drug-likeness (QED) is 0.751. The minimum absolute atomic E-state index is 0.642.